The van der Waals surface area contributed by atoms with E-state index in [0.717, 1.165) is 60.5 Å². The Hall–Kier alpha value is -6.91. The molecule has 0 radical (unpaired) electrons. The number of benzene rings is 8. The third kappa shape index (κ3) is 5.04. The highest BCUT2D eigenvalue weighted by Gasteiger charge is 2.21. The standard InChI is InChI=1S/C47H29N3O/c1-4-13-30(14-5-1)33-23-24-35-28-36(26-25-34(35)27-33)37-20-12-21-39-41(29-40-38-19-10-11-22-42(38)51-44(40)43(37)39)47-49-45(31-15-6-2-7-16-31)48-46(50-47)32-17-8-3-9-18-32/h1-29H. The summed E-state index contributed by atoms with van der Waals surface area (Å²) in [6.45, 7) is 0. The number of hydrogen-bond donors (Lipinski definition) is 0. The van der Waals surface area contributed by atoms with Gasteiger partial charge in [0.25, 0.3) is 0 Å². The molecule has 10 aromatic rings. The van der Waals surface area contributed by atoms with E-state index in [1.165, 1.54) is 21.9 Å². The molecule has 0 amide bonds. The van der Waals surface area contributed by atoms with Crippen molar-refractivity contribution in [3.05, 3.63) is 176 Å². The predicted molar refractivity (Wildman–Crippen MR) is 209 cm³/mol. The number of rotatable bonds is 5. The minimum Gasteiger partial charge on any atom is -0.455 e. The summed E-state index contributed by atoms with van der Waals surface area (Å²) >= 11 is 0. The molecule has 0 bridgehead atoms. The van der Waals surface area contributed by atoms with Gasteiger partial charge >= 0.3 is 0 Å². The van der Waals surface area contributed by atoms with Crippen molar-refractivity contribution in [3.8, 4) is 56.4 Å². The van der Waals surface area contributed by atoms with Crippen LogP contribution in [-0.4, -0.2) is 15.0 Å². The highest BCUT2D eigenvalue weighted by molar-refractivity contribution is 6.22. The molecule has 0 saturated carbocycles. The van der Waals surface area contributed by atoms with Gasteiger partial charge in [-0.2, -0.15) is 0 Å². The summed E-state index contributed by atoms with van der Waals surface area (Å²) in [7, 11) is 0. The average molecular weight is 652 g/mol. The highest BCUT2D eigenvalue weighted by Crippen LogP contribution is 2.44. The molecule has 8 aromatic carbocycles. The summed E-state index contributed by atoms with van der Waals surface area (Å²) in [5.41, 5.74) is 9.12. The first kappa shape index (κ1) is 29.0. The van der Waals surface area contributed by atoms with Crippen molar-refractivity contribution in [2.75, 3.05) is 0 Å². The number of fused-ring (bicyclic) bond motifs is 6. The summed E-state index contributed by atoms with van der Waals surface area (Å²) < 4.78 is 6.70. The van der Waals surface area contributed by atoms with Gasteiger partial charge in [-0.3, -0.25) is 0 Å². The van der Waals surface area contributed by atoms with Crippen LogP contribution in [-0.2, 0) is 0 Å². The second-order valence-corrected chi connectivity index (χ2v) is 12.8. The molecular weight excluding hydrogens is 623 g/mol. The van der Waals surface area contributed by atoms with Crippen LogP contribution in [0.2, 0.25) is 0 Å². The van der Waals surface area contributed by atoms with E-state index in [1.807, 2.05) is 72.8 Å². The zero-order valence-corrected chi connectivity index (χ0v) is 27.5. The number of hydrogen-bond acceptors (Lipinski definition) is 4. The summed E-state index contributed by atoms with van der Waals surface area (Å²) in [6, 6.07) is 61.1. The second-order valence-electron chi connectivity index (χ2n) is 12.8. The van der Waals surface area contributed by atoms with Crippen molar-refractivity contribution in [1.82, 2.24) is 15.0 Å². The van der Waals surface area contributed by atoms with Crippen LogP contribution in [0.1, 0.15) is 0 Å². The average Bonchev–Trinajstić information content (AvgIpc) is 3.59. The van der Waals surface area contributed by atoms with E-state index in [4.69, 9.17) is 19.4 Å². The van der Waals surface area contributed by atoms with Gasteiger partial charge in [0.15, 0.2) is 17.5 Å². The molecule has 0 unspecified atom stereocenters. The normalized spacial score (nSPS) is 11.5. The van der Waals surface area contributed by atoms with Gasteiger partial charge in [-0.05, 0) is 62.7 Å². The van der Waals surface area contributed by atoms with Crippen molar-refractivity contribution in [2.24, 2.45) is 0 Å². The van der Waals surface area contributed by atoms with Crippen LogP contribution in [0.25, 0.3) is 99.9 Å². The Labute approximate surface area is 294 Å². The maximum Gasteiger partial charge on any atom is 0.164 e. The van der Waals surface area contributed by atoms with E-state index < -0.39 is 0 Å². The monoisotopic (exact) mass is 651 g/mol. The Bertz CT molecular complexity index is 2840. The molecule has 10 rings (SSSR count). The Kier molecular flexibility index (Phi) is 6.78. The Morgan fingerprint density at radius 2 is 0.882 bits per heavy atom. The first-order valence-electron chi connectivity index (χ1n) is 17.1. The fraction of sp³-hybridized carbons (Fsp3) is 0. The fourth-order valence-electron chi connectivity index (χ4n) is 7.22. The lowest BCUT2D eigenvalue weighted by molar-refractivity contribution is 0.673. The van der Waals surface area contributed by atoms with Gasteiger partial charge in [0, 0.05) is 32.8 Å². The fourth-order valence-corrected chi connectivity index (χ4v) is 7.22. The van der Waals surface area contributed by atoms with Gasteiger partial charge in [0.1, 0.15) is 11.2 Å². The zero-order chi connectivity index (χ0) is 33.7. The molecule has 0 aliphatic carbocycles. The van der Waals surface area contributed by atoms with Gasteiger partial charge < -0.3 is 4.42 Å². The first-order chi connectivity index (χ1) is 25.3. The van der Waals surface area contributed by atoms with E-state index in [9.17, 15) is 0 Å². The van der Waals surface area contributed by atoms with Gasteiger partial charge in [-0.15, -0.1) is 0 Å². The van der Waals surface area contributed by atoms with Gasteiger partial charge in [-0.1, -0.05) is 152 Å². The predicted octanol–water partition coefficient (Wildman–Crippen LogP) is 12.4. The molecule has 0 atom stereocenters. The molecular formula is C47H29N3O. The third-order valence-corrected chi connectivity index (χ3v) is 9.70. The molecule has 4 heteroatoms. The first-order valence-corrected chi connectivity index (χ1v) is 17.1. The summed E-state index contributed by atoms with van der Waals surface area (Å²) in [6.07, 6.45) is 0. The third-order valence-electron chi connectivity index (χ3n) is 9.70. The smallest absolute Gasteiger partial charge is 0.164 e. The summed E-state index contributed by atoms with van der Waals surface area (Å²) in [4.78, 5) is 15.2. The maximum absolute atomic E-state index is 6.70. The number of para-hydroxylation sites is 1. The maximum atomic E-state index is 6.70. The largest absolute Gasteiger partial charge is 0.455 e. The van der Waals surface area contributed by atoms with Gasteiger partial charge in [0.2, 0.25) is 0 Å². The number of furan rings is 1. The summed E-state index contributed by atoms with van der Waals surface area (Å²) in [5.74, 6) is 1.87. The number of aromatic nitrogens is 3. The van der Waals surface area contributed by atoms with Crippen LogP contribution in [0, 0.1) is 0 Å². The molecule has 2 heterocycles. The molecule has 238 valence electrons. The van der Waals surface area contributed by atoms with Crippen LogP contribution in [0.3, 0.4) is 0 Å². The summed E-state index contributed by atoms with van der Waals surface area (Å²) in [5, 5.41) is 6.50. The van der Waals surface area contributed by atoms with Crippen molar-refractivity contribution >= 4 is 43.5 Å². The number of nitrogens with zero attached hydrogens (tertiary/aromatic N) is 3. The quantitative estimate of drug-likeness (QED) is 0.186. The lowest BCUT2D eigenvalue weighted by Crippen LogP contribution is -2.00. The Morgan fingerprint density at radius 1 is 0.333 bits per heavy atom. The molecule has 2 aromatic heterocycles. The Balaban J connectivity index is 1.24. The van der Waals surface area contributed by atoms with E-state index in [0.29, 0.717) is 17.5 Å². The van der Waals surface area contributed by atoms with Gasteiger partial charge in [0.05, 0.1) is 0 Å². The zero-order valence-electron chi connectivity index (χ0n) is 27.5. The molecule has 0 N–H and O–H groups in total. The van der Waals surface area contributed by atoms with Crippen molar-refractivity contribution in [2.45, 2.75) is 0 Å². The van der Waals surface area contributed by atoms with Crippen molar-refractivity contribution < 1.29 is 4.42 Å². The second kappa shape index (κ2) is 11.9. The van der Waals surface area contributed by atoms with Crippen molar-refractivity contribution in [1.29, 1.82) is 0 Å². The molecule has 0 fully saturated rings. The Morgan fingerprint density at radius 3 is 1.57 bits per heavy atom. The van der Waals surface area contributed by atoms with E-state index >= 15 is 0 Å². The van der Waals surface area contributed by atoms with Crippen LogP contribution < -0.4 is 0 Å². The van der Waals surface area contributed by atoms with E-state index in [1.54, 1.807) is 0 Å². The van der Waals surface area contributed by atoms with Crippen LogP contribution in [0.5, 0.6) is 0 Å². The lowest BCUT2D eigenvalue weighted by atomic mass is 9.91. The van der Waals surface area contributed by atoms with Crippen LogP contribution >= 0.6 is 0 Å². The molecule has 51 heavy (non-hydrogen) atoms. The van der Waals surface area contributed by atoms with Crippen LogP contribution in [0.4, 0.5) is 0 Å². The van der Waals surface area contributed by atoms with Gasteiger partial charge in [-0.25, -0.2) is 15.0 Å². The molecule has 0 aliphatic heterocycles. The SMILES string of the molecule is c1ccc(-c2ccc3cc(-c4cccc5c(-c6nc(-c7ccccc7)nc(-c7ccccc7)n6)cc6c7ccccc7oc6c45)ccc3c2)cc1. The molecule has 0 saturated heterocycles. The van der Waals surface area contributed by atoms with E-state index in [-0.39, 0.29) is 0 Å². The molecule has 0 spiro atoms. The minimum absolute atomic E-state index is 0.615. The van der Waals surface area contributed by atoms with Crippen molar-refractivity contribution in [3.63, 3.8) is 0 Å². The molecule has 0 aliphatic rings. The lowest BCUT2D eigenvalue weighted by Gasteiger charge is -2.14. The molecule has 4 nitrogen and oxygen atoms in total. The van der Waals surface area contributed by atoms with E-state index in [2.05, 4.69) is 103 Å². The van der Waals surface area contributed by atoms with Crippen LogP contribution in [0.15, 0.2) is 180 Å². The highest BCUT2D eigenvalue weighted by atomic mass is 16.3. The minimum atomic E-state index is 0.615. The topological polar surface area (TPSA) is 51.8 Å².